The Balaban J connectivity index is 1.49. The maximum Gasteiger partial charge on any atom is 0.123 e. The van der Waals surface area contributed by atoms with E-state index < -0.39 is 6.02 Å². The monoisotopic (exact) mass is 510 g/mol. The van der Waals surface area contributed by atoms with Gasteiger partial charge in [0.15, 0.2) is 0 Å². The number of nitrogens with one attached hydrogen (secondary N) is 2. The van der Waals surface area contributed by atoms with E-state index in [9.17, 15) is 11.0 Å². The maximum absolute atomic E-state index is 13.9. The Kier molecular flexibility index (Phi) is 5.72. The molecule has 0 amide bonds. The molecule has 8 heteroatoms. The predicted octanol–water partition coefficient (Wildman–Crippen LogP) is 6.71. The second kappa shape index (κ2) is 9.39. The van der Waals surface area contributed by atoms with Crippen LogP contribution in [0.5, 0.6) is 0 Å². The molecule has 4 aromatic rings. The summed E-state index contributed by atoms with van der Waals surface area (Å²) in [7, 11) is 0. The van der Waals surface area contributed by atoms with E-state index in [1.54, 1.807) is 18.3 Å². The van der Waals surface area contributed by atoms with Gasteiger partial charge in [-0.3, -0.25) is 4.98 Å². The molecular weight excluding hydrogens is 477 g/mol. The molecule has 2 saturated carbocycles. The maximum atomic E-state index is 13.9. The Morgan fingerprint density at radius 3 is 2.61 bits per heavy atom. The summed E-state index contributed by atoms with van der Waals surface area (Å²) < 4.78 is 25.3. The van der Waals surface area contributed by atoms with Crippen LogP contribution >= 0.6 is 0 Å². The molecule has 2 fully saturated rings. The highest BCUT2D eigenvalue weighted by Gasteiger charge is 2.30. The highest BCUT2D eigenvalue weighted by Crippen LogP contribution is 2.46. The first-order valence-electron chi connectivity index (χ1n) is 13.7. The minimum absolute atomic E-state index is 0.00377. The molecule has 2 aromatic carbocycles. The minimum Gasteiger partial charge on any atom is -0.383 e. The number of benzene rings is 2. The normalized spacial score (nSPS) is 17.5. The molecule has 2 aromatic heterocycles. The zero-order chi connectivity index (χ0) is 27.4. The van der Waals surface area contributed by atoms with Crippen molar-refractivity contribution >= 4 is 22.3 Å². The predicted molar refractivity (Wildman–Crippen MR) is 147 cm³/mol. The Hall–Kier alpha value is -3.99. The van der Waals surface area contributed by atoms with Crippen molar-refractivity contribution in [1.29, 1.82) is 5.26 Å². The number of aromatic nitrogens is 4. The quantitative estimate of drug-likeness (QED) is 0.274. The number of halogens is 1. The highest BCUT2D eigenvalue weighted by molar-refractivity contribution is 5.98. The molecule has 1 atom stereocenters. The summed E-state index contributed by atoms with van der Waals surface area (Å²) >= 11 is 0. The van der Waals surface area contributed by atoms with Crippen LogP contribution in [-0.2, 0) is 0 Å². The van der Waals surface area contributed by atoms with Gasteiger partial charge in [0, 0.05) is 23.8 Å². The second-order valence-corrected chi connectivity index (χ2v) is 11.6. The van der Waals surface area contributed by atoms with Crippen molar-refractivity contribution < 1.29 is 5.76 Å². The van der Waals surface area contributed by atoms with Crippen LogP contribution < -0.4 is 10.6 Å². The van der Waals surface area contributed by atoms with E-state index in [0.717, 1.165) is 47.8 Å². The molecule has 2 aliphatic carbocycles. The zero-order valence-electron chi connectivity index (χ0n) is 22.9. The van der Waals surface area contributed by atoms with E-state index in [2.05, 4.69) is 53.9 Å². The van der Waals surface area contributed by atoms with Crippen LogP contribution in [0, 0.1) is 22.6 Å². The van der Waals surface area contributed by atoms with Crippen molar-refractivity contribution in [2.45, 2.75) is 64.4 Å². The van der Waals surface area contributed by atoms with Crippen molar-refractivity contribution in [2.24, 2.45) is 5.41 Å². The lowest BCUT2D eigenvalue weighted by Gasteiger charge is -2.23. The molecule has 6 rings (SSSR count). The van der Waals surface area contributed by atoms with E-state index in [0.29, 0.717) is 41.0 Å². The first kappa shape index (κ1) is 23.2. The fraction of sp³-hybridized carbons (Fsp3) is 0.400. The molecule has 0 saturated heterocycles. The first-order chi connectivity index (χ1) is 18.6. The van der Waals surface area contributed by atoms with Gasteiger partial charge in [-0.25, -0.2) is 9.07 Å². The molecule has 0 bridgehead atoms. The van der Waals surface area contributed by atoms with Gasteiger partial charge in [-0.2, -0.15) is 5.26 Å². The largest absolute Gasteiger partial charge is 0.383 e. The standard InChI is InChI=1S/C30H32FN7/c1-30(2,3)17-34-27-20(14-32)15-33-29-24(18-4-5-18)12-22(13-25(27)29)35-28(19-6-8-21(31)9-7-19)26-16-38(37-36-26)23-10-11-23/h6-9,12-13,15-16,18,23,28,35H,4-5,10-11,17H2,1-3H3,(H,33,34)/t28-/m1/s1/i28D. The van der Waals surface area contributed by atoms with Gasteiger partial charge in [-0.1, -0.05) is 38.1 Å². The molecule has 0 aliphatic heterocycles. The average Bonchev–Trinajstić information content (AvgIpc) is 3.85. The minimum atomic E-state index is -1.52. The van der Waals surface area contributed by atoms with Crippen LogP contribution in [0.2, 0.25) is 0 Å². The number of hydrogen-bond donors (Lipinski definition) is 2. The fourth-order valence-corrected chi connectivity index (χ4v) is 4.69. The molecule has 0 radical (unpaired) electrons. The number of fused-ring (bicyclic) bond motifs is 1. The van der Waals surface area contributed by atoms with Crippen LogP contribution in [0.25, 0.3) is 10.9 Å². The fourth-order valence-electron chi connectivity index (χ4n) is 4.69. The van der Waals surface area contributed by atoms with Crippen LogP contribution in [0.15, 0.2) is 48.8 Å². The Bertz CT molecular complexity index is 1580. The summed E-state index contributed by atoms with van der Waals surface area (Å²) in [5.41, 5.74) is 4.90. The molecule has 0 unspecified atom stereocenters. The lowest BCUT2D eigenvalue weighted by atomic mass is 9.96. The van der Waals surface area contributed by atoms with Gasteiger partial charge in [0.05, 0.1) is 36.4 Å². The molecule has 2 aliphatic rings. The zero-order valence-corrected chi connectivity index (χ0v) is 21.9. The van der Waals surface area contributed by atoms with Gasteiger partial charge < -0.3 is 10.6 Å². The van der Waals surface area contributed by atoms with Crippen molar-refractivity contribution in [3.8, 4) is 6.07 Å². The molecular formula is C30H32FN7. The smallest absolute Gasteiger partial charge is 0.123 e. The SMILES string of the molecule is [2H][C@@](Nc1cc(C2CC2)c2ncc(C#N)c(NCC(C)(C)C)c2c1)(c1ccc(F)cc1)c1cn(C2CC2)nn1. The molecule has 2 heterocycles. The van der Waals surface area contributed by atoms with Crippen molar-refractivity contribution in [1.82, 2.24) is 20.0 Å². The van der Waals surface area contributed by atoms with Crippen LogP contribution in [-0.4, -0.2) is 26.5 Å². The van der Waals surface area contributed by atoms with Gasteiger partial charge in [0.25, 0.3) is 0 Å². The van der Waals surface area contributed by atoms with Gasteiger partial charge in [0.1, 0.15) is 17.6 Å². The molecule has 7 nitrogen and oxygen atoms in total. The molecule has 2 N–H and O–H groups in total. The molecule has 194 valence electrons. The van der Waals surface area contributed by atoms with Gasteiger partial charge in [-0.15, -0.1) is 5.10 Å². The number of anilines is 2. The van der Waals surface area contributed by atoms with Crippen molar-refractivity contribution in [3.05, 3.63) is 77.0 Å². The number of nitrogens with zero attached hydrogens (tertiary/aromatic N) is 5. The Morgan fingerprint density at radius 2 is 1.95 bits per heavy atom. The summed E-state index contributed by atoms with van der Waals surface area (Å²) in [4.78, 5) is 4.71. The van der Waals surface area contributed by atoms with Gasteiger partial charge >= 0.3 is 0 Å². The summed E-state index contributed by atoms with van der Waals surface area (Å²) in [6.45, 7) is 7.11. The summed E-state index contributed by atoms with van der Waals surface area (Å²) in [5, 5.41) is 26.4. The molecule has 0 spiro atoms. The lowest BCUT2D eigenvalue weighted by molar-refractivity contribution is 0.443. The number of rotatable bonds is 8. The third-order valence-electron chi connectivity index (χ3n) is 7.02. The number of hydrogen-bond acceptors (Lipinski definition) is 6. The van der Waals surface area contributed by atoms with E-state index in [-0.39, 0.29) is 11.2 Å². The van der Waals surface area contributed by atoms with Crippen LogP contribution in [0.1, 0.15) is 88.2 Å². The topological polar surface area (TPSA) is 91.5 Å². The lowest BCUT2D eigenvalue weighted by Crippen LogP contribution is -2.20. The van der Waals surface area contributed by atoms with E-state index >= 15 is 0 Å². The second-order valence-electron chi connectivity index (χ2n) is 11.6. The van der Waals surface area contributed by atoms with Gasteiger partial charge in [-0.05, 0) is 72.4 Å². The van der Waals surface area contributed by atoms with Crippen molar-refractivity contribution in [3.63, 3.8) is 0 Å². The molecule has 38 heavy (non-hydrogen) atoms. The number of nitriles is 1. The number of pyridine rings is 1. The third-order valence-corrected chi connectivity index (χ3v) is 7.02. The van der Waals surface area contributed by atoms with Gasteiger partial charge in [0.2, 0.25) is 0 Å². The summed E-state index contributed by atoms with van der Waals surface area (Å²) in [6.07, 6.45) is 7.71. The third kappa shape index (κ3) is 5.06. The van der Waals surface area contributed by atoms with Crippen LogP contribution in [0.3, 0.4) is 0 Å². The van der Waals surface area contributed by atoms with Crippen molar-refractivity contribution in [2.75, 3.05) is 17.2 Å². The summed E-state index contributed by atoms with van der Waals surface area (Å²) in [6, 6.07) is 11.1. The average molecular weight is 511 g/mol. The Labute approximate surface area is 223 Å². The summed E-state index contributed by atoms with van der Waals surface area (Å²) in [5.74, 6) is 0.0148. The van der Waals surface area contributed by atoms with E-state index in [4.69, 9.17) is 4.98 Å². The Morgan fingerprint density at radius 1 is 1.18 bits per heavy atom. The first-order valence-corrected chi connectivity index (χ1v) is 13.2. The highest BCUT2D eigenvalue weighted by atomic mass is 19.1. The van der Waals surface area contributed by atoms with E-state index in [1.165, 1.54) is 12.1 Å². The van der Waals surface area contributed by atoms with Crippen LogP contribution in [0.4, 0.5) is 15.8 Å². The van der Waals surface area contributed by atoms with E-state index in [1.807, 2.05) is 16.9 Å².